The molecule has 3 aromatic carbocycles. The van der Waals surface area contributed by atoms with Crippen molar-refractivity contribution in [2.75, 3.05) is 11.4 Å². The Balaban J connectivity index is 1.64. The lowest BCUT2D eigenvalue weighted by molar-refractivity contribution is 0.308. The molecule has 1 aliphatic heterocycles. The van der Waals surface area contributed by atoms with Crippen molar-refractivity contribution in [1.82, 2.24) is 0 Å². The number of hydrogen-bond acceptors (Lipinski definition) is 1. The van der Waals surface area contributed by atoms with E-state index in [9.17, 15) is 0 Å². The second-order valence-corrected chi connectivity index (χ2v) is 8.21. The number of nitrogens with zero attached hydrogens (tertiary/aromatic N) is 1. The molecular formula is C26H27N. The maximum absolute atomic E-state index is 2.69. The van der Waals surface area contributed by atoms with Gasteiger partial charge in [-0.2, -0.15) is 0 Å². The van der Waals surface area contributed by atoms with E-state index in [0.717, 1.165) is 6.54 Å². The number of anilines is 1. The van der Waals surface area contributed by atoms with Crippen molar-refractivity contribution in [3.63, 3.8) is 0 Å². The first-order chi connectivity index (χ1) is 13.4. The Bertz CT molecular complexity index is 854. The van der Waals surface area contributed by atoms with E-state index >= 15 is 0 Å². The molecule has 0 saturated heterocycles. The van der Waals surface area contributed by atoms with E-state index < -0.39 is 0 Å². The minimum Gasteiger partial charge on any atom is -0.359 e. The molecule has 27 heavy (non-hydrogen) atoms. The van der Waals surface area contributed by atoms with Gasteiger partial charge in [0.25, 0.3) is 0 Å². The summed E-state index contributed by atoms with van der Waals surface area (Å²) in [6, 6.07) is 31.5. The van der Waals surface area contributed by atoms with Crippen molar-refractivity contribution < 1.29 is 0 Å². The molecular weight excluding hydrogens is 326 g/mol. The first-order valence-corrected chi connectivity index (χ1v) is 10.3. The van der Waals surface area contributed by atoms with Crippen LogP contribution in [-0.2, 0) is 5.41 Å². The minimum atomic E-state index is 0.273. The first kappa shape index (κ1) is 16.6. The summed E-state index contributed by atoms with van der Waals surface area (Å²) in [6.45, 7) is 1.14. The van der Waals surface area contributed by atoms with Crippen LogP contribution in [0.3, 0.4) is 0 Å². The molecule has 1 spiro atoms. The predicted octanol–water partition coefficient (Wildman–Crippen LogP) is 6.50. The average molecular weight is 354 g/mol. The van der Waals surface area contributed by atoms with Crippen LogP contribution in [0.25, 0.3) is 0 Å². The molecule has 0 atom stereocenters. The highest BCUT2D eigenvalue weighted by atomic mass is 15.2. The van der Waals surface area contributed by atoms with Gasteiger partial charge < -0.3 is 4.90 Å². The summed E-state index contributed by atoms with van der Waals surface area (Å²) in [5, 5.41) is 0. The summed E-state index contributed by atoms with van der Waals surface area (Å²) < 4.78 is 0. The van der Waals surface area contributed by atoms with E-state index in [2.05, 4.69) is 89.8 Å². The molecule has 1 fully saturated rings. The molecule has 0 radical (unpaired) electrons. The van der Waals surface area contributed by atoms with Crippen molar-refractivity contribution in [2.45, 2.75) is 43.6 Å². The van der Waals surface area contributed by atoms with Gasteiger partial charge in [0.05, 0.1) is 6.04 Å². The molecule has 0 N–H and O–H groups in total. The van der Waals surface area contributed by atoms with Crippen molar-refractivity contribution in [3.8, 4) is 0 Å². The summed E-state index contributed by atoms with van der Waals surface area (Å²) in [4.78, 5) is 2.69. The quantitative estimate of drug-likeness (QED) is 0.519. The van der Waals surface area contributed by atoms with Crippen LogP contribution in [0, 0.1) is 0 Å². The van der Waals surface area contributed by atoms with Crippen LogP contribution in [0.1, 0.15) is 54.8 Å². The number of rotatable bonds is 3. The highest BCUT2D eigenvalue weighted by molar-refractivity contribution is 5.65. The van der Waals surface area contributed by atoms with Crippen molar-refractivity contribution in [1.29, 1.82) is 0 Å². The Hall–Kier alpha value is -2.54. The van der Waals surface area contributed by atoms with Crippen molar-refractivity contribution in [2.24, 2.45) is 0 Å². The SMILES string of the molecule is c1ccc(C(c2ccccc2)N2CC3(CCCCC3)c3ccccc32)cc1. The van der Waals surface area contributed by atoms with E-state index in [1.807, 2.05) is 0 Å². The van der Waals surface area contributed by atoms with Gasteiger partial charge >= 0.3 is 0 Å². The Morgan fingerprint density at radius 1 is 0.630 bits per heavy atom. The second kappa shape index (κ2) is 6.88. The Morgan fingerprint density at radius 3 is 1.81 bits per heavy atom. The predicted molar refractivity (Wildman–Crippen MR) is 113 cm³/mol. The molecule has 1 saturated carbocycles. The standard InChI is InChI=1S/C26H27N/c1-4-12-21(13-5-1)25(22-14-6-2-7-15-22)27-20-26(18-10-3-11-19-26)23-16-8-9-17-24(23)27/h1-2,4-9,12-17,25H,3,10-11,18-20H2. The van der Waals surface area contributed by atoms with Gasteiger partial charge in [0.2, 0.25) is 0 Å². The largest absolute Gasteiger partial charge is 0.359 e. The highest BCUT2D eigenvalue weighted by Gasteiger charge is 2.45. The summed E-state index contributed by atoms with van der Waals surface area (Å²) in [7, 11) is 0. The van der Waals surface area contributed by atoms with Crippen LogP contribution in [0.5, 0.6) is 0 Å². The fraction of sp³-hybridized carbons (Fsp3) is 0.308. The van der Waals surface area contributed by atoms with Gasteiger partial charge in [-0.05, 0) is 35.6 Å². The molecule has 0 aromatic heterocycles. The van der Waals surface area contributed by atoms with E-state index in [0.29, 0.717) is 5.41 Å². The molecule has 3 aromatic rings. The van der Waals surface area contributed by atoms with E-state index in [1.54, 1.807) is 5.56 Å². The van der Waals surface area contributed by atoms with Gasteiger partial charge in [0, 0.05) is 17.6 Å². The molecule has 2 aliphatic rings. The maximum atomic E-state index is 2.69. The maximum Gasteiger partial charge on any atom is 0.0796 e. The monoisotopic (exact) mass is 353 g/mol. The average Bonchev–Trinajstić information content (AvgIpc) is 3.04. The van der Waals surface area contributed by atoms with E-state index in [4.69, 9.17) is 0 Å². The lowest BCUT2D eigenvalue weighted by Crippen LogP contribution is -2.37. The summed E-state index contributed by atoms with van der Waals surface area (Å²) in [5.41, 5.74) is 6.13. The third-order valence-corrected chi connectivity index (χ3v) is 6.61. The first-order valence-electron chi connectivity index (χ1n) is 10.3. The van der Waals surface area contributed by atoms with Gasteiger partial charge in [0.1, 0.15) is 0 Å². The summed E-state index contributed by atoms with van der Waals surface area (Å²) in [6.07, 6.45) is 6.78. The molecule has 0 amide bonds. The van der Waals surface area contributed by atoms with Gasteiger partial charge in [-0.1, -0.05) is 98.1 Å². The molecule has 0 bridgehead atoms. The number of para-hydroxylation sites is 1. The molecule has 5 rings (SSSR count). The normalized spacial score (nSPS) is 18.0. The fourth-order valence-corrected chi connectivity index (χ4v) is 5.38. The van der Waals surface area contributed by atoms with E-state index in [-0.39, 0.29) is 6.04 Å². The summed E-state index contributed by atoms with van der Waals surface area (Å²) >= 11 is 0. The van der Waals surface area contributed by atoms with Crippen LogP contribution in [0.2, 0.25) is 0 Å². The zero-order chi connectivity index (χ0) is 18.1. The number of benzene rings is 3. The van der Waals surface area contributed by atoms with Gasteiger partial charge in [0.15, 0.2) is 0 Å². The lowest BCUT2D eigenvalue weighted by atomic mass is 9.71. The molecule has 1 heterocycles. The second-order valence-electron chi connectivity index (χ2n) is 8.21. The van der Waals surface area contributed by atoms with E-state index in [1.165, 1.54) is 48.9 Å². The third-order valence-electron chi connectivity index (χ3n) is 6.61. The van der Waals surface area contributed by atoms with Crippen LogP contribution in [-0.4, -0.2) is 6.54 Å². The molecule has 1 heteroatoms. The molecule has 0 unspecified atom stereocenters. The van der Waals surface area contributed by atoms with Gasteiger partial charge in [-0.3, -0.25) is 0 Å². The molecule has 136 valence electrons. The highest BCUT2D eigenvalue weighted by Crippen LogP contribution is 2.52. The topological polar surface area (TPSA) is 3.24 Å². The third kappa shape index (κ3) is 2.86. The van der Waals surface area contributed by atoms with Crippen LogP contribution < -0.4 is 4.90 Å². The lowest BCUT2D eigenvalue weighted by Gasteiger charge is -2.37. The number of hydrogen-bond donors (Lipinski definition) is 0. The fourth-order valence-electron chi connectivity index (χ4n) is 5.38. The zero-order valence-electron chi connectivity index (χ0n) is 15.9. The van der Waals surface area contributed by atoms with Gasteiger partial charge in [-0.15, -0.1) is 0 Å². The smallest absolute Gasteiger partial charge is 0.0796 e. The Kier molecular flexibility index (Phi) is 4.24. The van der Waals surface area contributed by atoms with Crippen LogP contribution in [0.15, 0.2) is 84.9 Å². The van der Waals surface area contributed by atoms with Gasteiger partial charge in [-0.25, -0.2) is 0 Å². The Morgan fingerprint density at radius 2 is 1.19 bits per heavy atom. The van der Waals surface area contributed by atoms with Crippen LogP contribution in [0.4, 0.5) is 5.69 Å². The number of fused-ring (bicyclic) bond motifs is 2. The molecule has 1 aliphatic carbocycles. The van der Waals surface area contributed by atoms with Crippen molar-refractivity contribution >= 4 is 5.69 Å². The van der Waals surface area contributed by atoms with Crippen molar-refractivity contribution in [3.05, 3.63) is 102 Å². The molecule has 1 nitrogen and oxygen atoms in total. The van der Waals surface area contributed by atoms with Crippen LogP contribution >= 0.6 is 0 Å². The Labute approximate surface area is 162 Å². The zero-order valence-corrected chi connectivity index (χ0v) is 15.9. The minimum absolute atomic E-state index is 0.273. The summed E-state index contributed by atoms with van der Waals surface area (Å²) in [5.74, 6) is 0.